The number of hydrogen-bond acceptors (Lipinski definition) is 11. The Balaban J connectivity index is 1.79. The van der Waals surface area contributed by atoms with Crippen LogP contribution in [-0.4, -0.2) is 107 Å². The lowest BCUT2D eigenvalue weighted by Gasteiger charge is -2.24. The third-order valence-corrected chi connectivity index (χ3v) is 6.53. The molecule has 0 fully saturated rings. The predicted octanol–water partition coefficient (Wildman–Crippen LogP) is 4.40. The molecule has 14 heteroatoms. The van der Waals surface area contributed by atoms with E-state index in [1.54, 1.807) is 20.2 Å². The van der Waals surface area contributed by atoms with Crippen LogP contribution in [0.2, 0.25) is 0 Å². The first-order chi connectivity index (χ1) is 20.8. The van der Waals surface area contributed by atoms with Crippen LogP contribution in [0.5, 0.6) is 17.4 Å². The smallest absolute Gasteiger partial charge is 0.410 e. The second kappa shape index (κ2) is 15.2. The van der Waals surface area contributed by atoms with Crippen LogP contribution in [0.3, 0.4) is 0 Å². The van der Waals surface area contributed by atoms with Gasteiger partial charge in [-0.2, -0.15) is 0 Å². The van der Waals surface area contributed by atoms with Crippen LogP contribution in [-0.2, 0) is 16.1 Å². The van der Waals surface area contributed by atoms with Crippen LogP contribution in [0, 0.1) is 0 Å². The Kier molecular flexibility index (Phi) is 11.7. The molecule has 2 heterocycles. The molecule has 240 valence electrons. The standard InChI is InChI=1S/C30H43N7O7/c1-30(2,3)44-29(41)37(5)13-9-11-31-26-24-21(28(40)35-27(24)34-18-33-26)16-32-20-14-19(25(43-7)22(15-20)42-6)17-36(4)12-8-10-23(38)39/h14-16,18,40H,8-13,17H2,1-7H3,(H,38,39)(H2,31,33,34,35). The lowest BCUT2D eigenvalue weighted by atomic mass is 10.1. The Morgan fingerprint density at radius 1 is 1.11 bits per heavy atom. The van der Waals surface area contributed by atoms with Crippen molar-refractivity contribution in [2.75, 3.05) is 53.3 Å². The summed E-state index contributed by atoms with van der Waals surface area (Å²) < 4.78 is 16.6. The van der Waals surface area contributed by atoms with E-state index in [1.807, 2.05) is 38.8 Å². The largest absolute Gasteiger partial charge is 0.494 e. The molecule has 0 spiro atoms. The number of ether oxygens (including phenoxy) is 3. The van der Waals surface area contributed by atoms with Crippen molar-refractivity contribution in [1.29, 1.82) is 0 Å². The number of aromatic nitrogens is 3. The summed E-state index contributed by atoms with van der Waals surface area (Å²) in [7, 11) is 6.69. The van der Waals surface area contributed by atoms with E-state index in [1.165, 1.54) is 24.6 Å². The van der Waals surface area contributed by atoms with Crippen molar-refractivity contribution in [3.05, 3.63) is 29.6 Å². The summed E-state index contributed by atoms with van der Waals surface area (Å²) in [5.41, 5.74) is 1.63. The highest BCUT2D eigenvalue weighted by Crippen LogP contribution is 2.37. The number of methoxy groups -OCH3 is 2. The number of benzene rings is 1. The van der Waals surface area contributed by atoms with Crippen LogP contribution >= 0.6 is 0 Å². The van der Waals surface area contributed by atoms with E-state index in [9.17, 15) is 14.7 Å². The summed E-state index contributed by atoms with van der Waals surface area (Å²) in [6, 6.07) is 3.58. The lowest BCUT2D eigenvalue weighted by molar-refractivity contribution is -0.137. The maximum Gasteiger partial charge on any atom is 0.410 e. The second-order valence-electron chi connectivity index (χ2n) is 11.3. The van der Waals surface area contributed by atoms with Crippen molar-refractivity contribution < 1.29 is 34.0 Å². The second-order valence-corrected chi connectivity index (χ2v) is 11.3. The van der Waals surface area contributed by atoms with E-state index < -0.39 is 11.6 Å². The van der Waals surface area contributed by atoms with Gasteiger partial charge in [0.15, 0.2) is 17.4 Å². The number of hydrogen-bond donors (Lipinski definition) is 4. The highest BCUT2D eigenvalue weighted by atomic mass is 16.6. The molecule has 3 aromatic rings. The van der Waals surface area contributed by atoms with Gasteiger partial charge in [0, 0.05) is 50.9 Å². The molecule has 0 aliphatic carbocycles. The average molecular weight is 614 g/mol. The van der Waals surface area contributed by atoms with Gasteiger partial charge in [-0.15, -0.1) is 0 Å². The molecule has 1 amide bonds. The number of nitrogens with zero attached hydrogens (tertiary/aromatic N) is 5. The number of anilines is 1. The molecule has 0 radical (unpaired) electrons. The Bertz CT molecular complexity index is 1470. The molecule has 0 atom stereocenters. The number of aliphatic imine (C=N–C) groups is 1. The molecule has 44 heavy (non-hydrogen) atoms. The van der Waals surface area contributed by atoms with Crippen molar-refractivity contribution in [3.8, 4) is 17.4 Å². The molecule has 0 saturated heterocycles. The van der Waals surface area contributed by atoms with E-state index in [-0.39, 0.29) is 18.4 Å². The van der Waals surface area contributed by atoms with Gasteiger partial charge in [-0.1, -0.05) is 0 Å². The molecule has 0 aliphatic heterocycles. The van der Waals surface area contributed by atoms with Crippen molar-refractivity contribution in [3.63, 3.8) is 0 Å². The van der Waals surface area contributed by atoms with E-state index in [0.717, 1.165) is 5.56 Å². The molecule has 4 N–H and O–H groups in total. The normalized spacial score (nSPS) is 11.7. The summed E-state index contributed by atoms with van der Waals surface area (Å²) in [6.07, 6.45) is 3.76. The number of carboxylic acid groups (broad SMARTS) is 1. The van der Waals surface area contributed by atoms with Crippen molar-refractivity contribution >= 4 is 40.8 Å². The fraction of sp³-hybridized carbons (Fsp3) is 0.500. The van der Waals surface area contributed by atoms with Gasteiger partial charge in [-0.25, -0.2) is 14.8 Å². The number of rotatable bonds is 15. The van der Waals surface area contributed by atoms with Gasteiger partial charge in [0.2, 0.25) is 0 Å². The maximum absolute atomic E-state index is 12.2. The first-order valence-electron chi connectivity index (χ1n) is 14.3. The van der Waals surface area contributed by atoms with Crippen LogP contribution in [0.25, 0.3) is 11.0 Å². The molecule has 0 saturated carbocycles. The van der Waals surface area contributed by atoms with Gasteiger partial charge in [0.1, 0.15) is 23.4 Å². The monoisotopic (exact) mass is 613 g/mol. The van der Waals surface area contributed by atoms with Crippen LogP contribution in [0.15, 0.2) is 23.5 Å². The zero-order chi connectivity index (χ0) is 32.4. The molecular formula is C30H43N7O7. The zero-order valence-corrected chi connectivity index (χ0v) is 26.4. The van der Waals surface area contributed by atoms with E-state index >= 15 is 0 Å². The number of amides is 1. The van der Waals surface area contributed by atoms with Gasteiger partial charge in [0.05, 0.1) is 30.9 Å². The van der Waals surface area contributed by atoms with Crippen molar-refractivity contribution in [1.82, 2.24) is 24.8 Å². The van der Waals surface area contributed by atoms with Crippen LogP contribution < -0.4 is 14.8 Å². The number of nitrogens with one attached hydrogen (secondary N) is 2. The minimum Gasteiger partial charge on any atom is -0.494 e. The van der Waals surface area contributed by atoms with Crippen molar-refractivity contribution in [2.24, 2.45) is 4.99 Å². The lowest BCUT2D eigenvalue weighted by Crippen LogP contribution is -2.35. The third kappa shape index (κ3) is 9.46. The molecule has 0 aliphatic rings. The van der Waals surface area contributed by atoms with Gasteiger partial charge in [-0.05, 0) is 53.3 Å². The molecule has 0 bridgehead atoms. The summed E-state index contributed by atoms with van der Waals surface area (Å²) in [5, 5.41) is 23.5. The number of carbonyl (C=O) groups excluding carboxylic acids is 1. The van der Waals surface area contributed by atoms with Gasteiger partial charge < -0.3 is 44.5 Å². The molecular weight excluding hydrogens is 570 g/mol. The summed E-state index contributed by atoms with van der Waals surface area (Å²) in [6.45, 7) is 7.51. The number of fused-ring (bicyclic) bond motifs is 1. The van der Waals surface area contributed by atoms with Crippen molar-refractivity contribution in [2.45, 2.75) is 52.2 Å². The topological polar surface area (TPSA) is 175 Å². The number of carbonyl (C=O) groups is 2. The summed E-state index contributed by atoms with van der Waals surface area (Å²) in [5.74, 6) is 0.605. The SMILES string of the molecule is COc1cc(N=Cc2c(O)[nH]c3ncnc(NCCCN(C)C(=O)OC(C)(C)C)c23)cc(CN(C)CCCC(=O)O)c1OC. The average Bonchev–Trinajstić information content (AvgIpc) is 3.27. The van der Waals surface area contributed by atoms with E-state index in [0.29, 0.717) is 78.6 Å². The number of aromatic amines is 1. The zero-order valence-electron chi connectivity index (χ0n) is 26.4. The minimum atomic E-state index is -0.830. The first kappa shape index (κ1) is 33.9. The number of aromatic hydroxyl groups is 1. The highest BCUT2D eigenvalue weighted by molar-refractivity contribution is 6.06. The van der Waals surface area contributed by atoms with E-state index in [2.05, 4.69) is 25.3 Å². The molecule has 14 nitrogen and oxygen atoms in total. The van der Waals surface area contributed by atoms with Gasteiger partial charge >= 0.3 is 12.1 Å². The Morgan fingerprint density at radius 2 is 1.86 bits per heavy atom. The molecule has 0 unspecified atom stereocenters. The Labute approximate surface area is 257 Å². The Hall–Kier alpha value is -4.59. The maximum atomic E-state index is 12.2. The number of carboxylic acids is 1. The fourth-order valence-electron chi connectivity index (χ4n) is 4.48. The number of aliphatic carboxylic acids is 1. The minimum absolute atomic E-state index is 0.0902. The Morgan fingerprint density at radius 3 is 2.52 bits per heavy atom. The highest BCUT2D eigenvalue weighted by Gasteiger charge is 2.20. The summed E-state index contributed by atoms with van der Waals surface area (Å²) in [4.78, 5) is 42.8. The van der Waals surface area contributed by atoms with E-state index in [4.69, 9.17) is 19.3 Å². The van der Waals surface area contributed by atoms with Gasteiger partial charge in [0.25, 0.3) is 0 Å². The summed E-state index contributed by atoms with van der Waals surface area (Å²) >= 11 is 0. The first-order valence-corrected chi connectivity index (χ1v) is 14.3. The fourth-order valence-corrected chi connectivity index (χ4v) is 4.48. The molecule has 2 aromatic heterocycles. The molecule has 1 aromatic carbocycles. The number of H-pyrrole nitrogens is 1. The predicted molar refractivity (Wildman–Crippen MR) is 168 cm³/mol. The van der Waals surface area contributed by atoms with Crippen LogP contribution in [0.4, 0.5) is 16.3 Å². The van der Waals surface area contributed by atoms with Gasteiger partial charge in [-0.3, -0.25) is 9.79 Å². The molecule has 3 rings (SSSR count). The third-order valence-electron chi connectivity index (χ3n) is 6.53. The quantitative estimate of drug-likeness (QED) is 0.141. The van der Waals surface area contributed by atoms with Crippen LogP contribution in [0.1, 0.15) is 51.2 Å².